The van der Waals surface area contributed by atoms with E-state index in [4.69, 9.17) is 10.5 Å². The molecule has 32 heavy (non-hydrogen) atoms. The molecule has 1 saturated carbocycles. The highest BCUT2D eigenvalue weighted by Crippen LogP contribution is 2.56. The number of aromatic hydroxyl groups is 1. The Morgan fingerprint density at radius 1 is 1.19 bits per heavy atom. The Balaban J connectivity index is 2.06. The number of benzene rings is 1. The maximum atomic E-state index is 13.6. The van der Waals surface area contributed by atoms with Gasteiger partial charge in [0, 0.05) is 30.8 Å². The van der Waals surface area contributed by atoms with Crippen molar-refractivity contribution in [3.05, 3.63) is 46.2 Å². The van der Waals surface area contributed by atoms with Crippen molar-refractivity contribution in [3.8, 4) is 5.75 Å². The number of nitrogens with two attached hydrogens (primary N) is 1. The van der Waals surface area contributed by atoms with Gasteiger partial charge in [0.2, 0.25) is 5.78 Å². The van der Waals surface area contributed by atoms with E-state index in [0.717, 1.165) is 6.92 Å². The number of hydrogen-bond acceptors (Lipinski definition) is 9. The van der Waals surface area contributed by atoms with Crippen molar-refractivity contribution in [1.82, 2.24) is 0 Å². The number of aliphatic hydroxyl groups excluding tert-OH is 2. The van der Waals surface area contributed by atoms with Crippen LogP contribution in [-0.4, -0.2) is 55.6 Å². The number of Topliss-reactive ketones (excluding diaryl/α,β-unsaturated/α-hetero) is 2. The number of rotatable bonds is 2. The standard InChI is InChI=1S/C22H21NO9/c1-7-9-4-3-5-11(25)14(9)17(27)16-13(7)18(32-8(2)24)10-6-12(26)15(21(23)30)19(28)22(10,31)20(16)29/h3-5,7,10,13,18,25,27-28,31H,6H2,1-2H3,(H2,23,30)/t7-,10+,13+,18+,22+/m0/s1. The van der Waals surface area contributed by atoms with Gasteiger partial charge in [-0.3, -0.25) is 19.2 Å². The average Bonchev–Trinajstić information content (AvgIpc) is 2.70. The lowest BCUT2D eigenvalue weighted by Crippen LogP contribution is -2.64. The Morgan fingerprint density at radius 3 is 2.44 bits per heavy atom. The number of carbonyl (C=O) groups excluding carboxylic acids is 4. The largest absolute Gasteiger partial charge is 0.508 e. The SMILES string of the molecule is CC(=O)O[C@H]1[C@H]2C(=C(O)c3c(O)cccc3[C@@H]2C)C(=O)[C@]2(O)C(O)=C(C(N)=O)C(=O)C[C@H]12. The van der Waals surface area contributed by atoms with E-state index in [0.29, 0.717) is 5.56 Å². The van der Waals surface area contributed by atoms with Gasteiger partial charge in [0.1, 0.15) is 28.9 Å². The van der Waals surface area contributed by atoms with Gasteiger partial charge in [-0.05, 0) is 17.5 Å². The number of amides is 1. The summed E-state index contributed by atoms with van der Waals surface area (Å²) in [7, 11) is 0. The first-order valence-corrected chi connectivity index (χ1v) is 9.89. The minimum Gasteiger partial charge on any atom is -0.508 e. The minimum absolute atomic E-state index is 0.0336. The van der Waals surface area contributed by atoms with Gasteiger partial charge in [-0.15, -0.1) is 0 Å². The van der Waals surface area contributed by atoms with Gasteiger partial charge >= 0.3 is 5.97 Å². The number of fused-ring (bicyclic) bond motifs is 3. The molecule has 1 fully saturated rings. The minimum atomic E-state index is -2.85. The van der Waals surface area contributed by atoms with Crippen molar-refractivity contribution >= 4 is 29.2 Å². The molecule has 0 unspecified atom stereocenters. The maximum Gasteiger partial charge on any atom is 0.302 e. The number of primary amides is 1. The number of phenolic OH excluding ortho intramolecular Hbond substituents is 1. The zero-order valence-electron chi connectivity index (χ0n) is 17.2. The molecule has 3 aliphatic carbocycles. The number of ether oxygens (including phenoxy) is 1. The summed E-state index contributed by atoms with van der Waals surface area (Å²) >= 11 is 0. The van der Waals surface area contributed by atoms with Crippen LogP contribution in [0.1, 0.15) is 37.3 Å². The number of aliphatic hydroxyl groups is 3. The Hall–Kier alpha value is -3.66. The van der Waals surface area contributed by atoms with Gasteiger partial charge in [0.05, 0.1) is 5.56 Å². The molecule has 3 aliphatic rings. The summed E-state index contributed by atoms with van der Waals surface area (Å²) in [5, 5.41) is 43.4. The molecule has 10 nitrogen and oxygen atoms in total. The Bertz CT molecular complexity index is 1160. The first kappa shape index (κ1) is 21.6. The molecule has 0 radical (unpaired) electrons. The van der Waals surface area contributed by atoms with Gasteiger partial charge in [0.25, 0.3) is 5.91 Å². The molecular weight excluding hydrogens is 422 g/mol. The van der Waals surface area contributed by atoms with Crippen LogP contribution in [0, 0.1) is 11.8 Å². The van der Waals surface area contributed by atoms with Crippen molar-refractivity contribution < 1.29 is 44.3 Å². The van der Waals surface area contributed by atoms with E-state index in [-0.39, 0.29) is 16.9 Å². The molecule has 5 atom stereocenters. The second-order valence-electron chi connectivity index (χ2n) is 8.31. The van der Waals surface area contributed by atoms with Crippen molar-refractivity contribution in [1.29, 1.82) is 0 Å². The fourth-order valence-electron chi connectivity index (χ4n) is 5.27. The monoisotopic (exact) mass is 443 g/mol. The maximum absolute atomic E-state index is 13.6. The predicted octanol–water partition coefficient (Wildman–Crippen LogP) is 0.526. The number of esters is 1. The van der Waals surface area contributed by atoms with Gasteiger partial charge in [-0.25, -0.2) is 0 Å². The van der Waals surface area contributed by atoms with E-state index in [1.165, 1.54) is 6.07 Å². The molecule has 1 aromatic rings. The molecule has 1 aromatic carbocycles. The highest BCUT2D eigenvalue weighted by Gasteiger charge is 2.66. The zero-order valence-corrected chi connectivity index (χ0v) is 17.2. The summed E-state index contributed by atoms with van der Waals surface area (Å²) in [6.45, 7) is 2.78. The third-order valence-corrected chi connectivity index (χ3v) is 6.64. The van der Waals surface area contributed by atoms with Crippen LogP contribution in [-0.2, 0) is 23.9 Å². The van der Waals surface area contributed by atoms with Crippen LogP contribution in [0.2, 0.25) is 0 Å². The van der Waals surface area contributed by atoms with Crippen LogP contribution in [0.3, 0.4) is 0 Å². The quantitative estimate of drug-likeness (QED) is 0.321. The van der Waals surface area contributed by atoms with Crippen LogP contribution < -0.4 is 5.73 Å². The topological polar surface area (TPSA) is 184 Å². The molecule has 0 aromatic heterocycles. The van der Waals surface area contributed by atoms with E-state index in [9.17, 15) is 39.6 Å². The van der Waals surface area contributed by atoms with Crippen molar-refractivity contribution in [3.63, 3.8) is 0 Å². The zero-order chi connectivity index (χ0) is 23.7. The van der Waals surface area contributed by atoms with E-state index in [1.807, 2.05) is 0 Å². The summed E-state index contributed by atoms with van der Waals surface area (Å²) in [5.74, 6) is -9.44. The number of ketones is 2. The van der Waals surface area contributed by atoms with E-state index < -0.39 is 76.4 Å². The van der Waals surface area contributed by atoms with E-state index in [1.54, 1.807) is 19.1 Å². The third-order valence-electron chi connectivity index (χ3n) is 6.64. The van der Waals surface area contributed by atoms with Crippen LogP contribution in [0.4, 0.5) is 0 Å². The van der Waals surface area contributed by atoms with Crippen LogP contribution in [0.5, 0.6) is 5.75 Å². The van der Waals surface area contributed by atoms with Crippen LogP contribution >= 0.6 is 0 Å². The normalized spacial score (nSPS) is 31.6. The second-order valence-corrected chi connectivity index (χ2v) is 8.31. The summed E-state index contributed by atoms with van der Waals surface area (Å²) < 4.78 is 5.44. The highest BCUT2D eigenvalue weighted by molar-refractivity contribution is 6.23. The lowest BCUT2D eigenvalue weighted by molar-refractivity contribution is -0.177. The van der Waals surface area contributed by atoms with E-state index >= 15 is 0 Å². The fourth-order valence-corrected chi connectivity index (χ4v) is 5.27. The number of carbonyl (C=O) groups is 4. The summed E-state index contributed by atoms with van der Waals surface area (Å²) in [5.41, 5.74) is 1.44. The van der Waals surface area contributed by atoms with Gasteiger partial charge < -0.3 is 30.9 Å². The average molecular weight is 443 g/mol. The molecule has 4 rings (SSSR count). The highest BCUT2D eigenvalue weighted by atomic mass is 16.5. The lowest BCUT2D eigenvalue weighted by Gasteiger charge is -2.51. The van der Waals surface area contributed by atoms with Gasteiger partial charge in [0.15, 0.2) is 11.4 Å². The molecule has 1 amide bonds. The smallest absolute Gasteiger partial charge is 0.302 e. The Morgan fingerprint density at radius 2 is 1.84 bits per heavy atom. The molecular formula is C22H21NO9. The van der Waals surface area contributed by atoms with E-state index in [2.05, 4.69) is 0 Å². The lowest BCUT2D eigenvalue weighted by atomic mass is 9.55. The van der Waals surface area contributed by atoms with Crippen LogP contribution in [0.25, 0.3) is 5.76 Å². The molecule has 0 aliphatic heterocycles. The fraction of sp³-hybridized carbons (Fsp3) is 0.364. The molecule has 0 bridgehead atoms. The van der Waals surface area contributed by atoms with Crippen LogP contribution in [0.15, 0.2) is 35.1 Å². The molecule has 168 valence electrons. The third kappa shape index (κ3) is 2.62. The molecule has 0 spiro atoms. The van der Waals surface area contributed by atoms with Crippen molar-refractivity contribution in [2.24, 2.45) is 17.6 Å². The molecule has 10 heteroatoms. The number of hydrogen-bond donors (Lipinski definition) is 5. The van der Waals surface area contributed by atoms with Gasteiger partial charge in [-0.1, -0.05) is 19.1 Å². The Kier molecular flexibility index (Phi) is 4.67. The molecule has 0 saturated heterocycles. The molecule has 0 heterocycles. The summed E-state index contributed by atoms with van der Waals surface area (Å²) in [6, 6.07) is 4.47. The number of phenols is 1. The first-order valence-electron chi connectivity index (χ1n) is 9.89. The van der Waals surface area contributed by atoms with Crippen molar-refractivity contribution in [2.75, 3.05) is 0 Å². The summed E-state index contributed by atoms with van der Waals surface area (Å²) in [4.78, 5) is 49.8. The Labute approximate surface area is 181 Å². The summed E-state index contributed by atoms with van der Waals surface area (Å²) in [6.07, 6.45) is -1.93. The second kappa shape index (κ2) is 6.92. The van der Waals surface area contributed by atoms with Gasteiger partial charge in [-0.2, -0.15) is 0 Å². The van der Waals surface area contributed by atoms with Crippen molar-refractivity contribution in [2.45, 2.75) is 37.9 Å². The first-order chi connectivity index (χ1) is 14.9. The predicted molar refractivity (Wildman–Crippen MR) is 107 cm³/mol. The molecule has 6 N–H and O–H groups in total.